The molecule has 28 heavy (non-hydrogen) atoms. The predicted molar refractivity (Wildman–Crippen MR) is 95.0 cm³/mol. The van der Waals surface area contributed by atoms with Crippen LogP contribution in [0.3, 0.4) is 0 Å². The number of alkyl halides is 3. The Labute approximate surface area is 160 Å². The normalized spacial score (nSPS) is 15.7. The zero-order valence-electron chi connectivity index (χ0n) is 14.8. The van der Waals surface area contributed by atoms with Crippen molar-refractivity contribution in [1.29, 1.82) is 0 Å². The van der Waals surface area contributed by atoms with Gasteiger partial charge in [-0.3, -0.25) is 4.79 Å². The fourth-order valence-corrected chi connectivity index (χ4v) is 3.32. The third-order valence-corrected chi connectivity index (χ3v) is 5.51. The number of carbonyl (C=O) groups is 1. The summed E-state index contributed by atoms with van der Waals surface area (Å²) in [5, 5.41) is 0. The Bertz CT molecular complexity index is 960. The van der Waals surface area contributed by atoms with E-state index in [4.69, 9.17) is 4.74 Å². The Hall–Kier alpha value is -2.55. The van der Waals surface area contributed by atoms with Gasteiger partial charge in [0.15, 0.2) is 0 Å². The Morgan fingerprint density at radius 2 is 1.50 bits per heavy atom. The van der Waals surface area contributed by atoms with Gasteiger partial charge in [-0.2, -0.15) is 21.6 Å². The van der Waals surface area contributed by atoms with Crippen LogP contribution in [0, 0.1) is 0 Å². The van der Waals surface area contributed by atoms with Gasteiger partial charge in [0.1, 0.15) is 5.75 Å². The van der Waals surface area contributed by atoms with Gasteiger partial charge in [0.2, 0.25) is 0 Å². The highest BCUT2D eigenvalue weighted by molar-refractivity contribution is 7.88. The van der Waals surface area contributed by atoms with Crippen molar-refractivity contribution in [2.75, 3.05) is 6.61 Å². The van der Waals surface area contributed by atoms with Gasteiger partial charge in [0.25, 0.3) is 0 Å². The zero-order chi connectivity index (χ0) is 20.6. The maximum Gasteiger partial charge on any atom is 0.534 e. The van der Waals surface area contributed by atoms with E-state index >= 15 is 0 Å². The van der Waals surface area contributed by atoms with E-state index in [1.165, 1.54) is 12.1 Å². The second-order valence-electron chi connectivity index (χ2n) is 6.39. The predicted octanol–water partition coefficient (Wildman–Crippen LogP) is 4.18. The molecule has 0 bridgehead atoms. The van der Waals surface area contributed by atoms with E-state index in [-0.39, 0.29) is 5.97 Å². The first-order valence-corrected chi connectivity index (χ1v) is 9.89. The molecule has 0 amide bonds. The van der Waals surface area contributed by atoms with Gasteiger partial charge in [-0.15, -0.1) is 0 Å². The molecule has 0 aliphatic heterocycles. The van der Waals surface area contributed by atoms with Crippen LogP contribution in [0.1, 0.15) is 25.3 Å². The van der Waals surface area contributed by atoms with E-state index in [9.17, 15) is 26.4 Å². The lowest BCUT2D eigenvalue weighted by molar-refractivity contribution is -0.146. The fraction of sp³-hybridized carbons (Fsp3) is 0.316. The number of hydrogen-bond acceptors (Lipinski definition) is 5. The summed E-state index contributed by atoms with van der Waals surface area (Å²) in [5.74, 6) is -0.674. The lowest BCUT2D eigenvalue weighted by Crippen LogP contribution is -2.28. The molecular formula is C19H17F3O5S. The molecule has 2 aromatic carbocycles. The van der Waals surface area contributed by atoms with Gasteiger partial charge in [-0.25, -0.2) is 0 Å². The number of halogens is 3. The summed E-state index contributed by atoms with van der Waals surface area (Å²) < 4.78 is 68.4. The summed E-state index contributed by atoms with van der Waals surface area (Å²) in [5.41, 5.74) is -3.80. The van der Waals surface area contributed by atoms with E-state index in [1.54, 1.807) is 19.1 Å². The maximum absolute atomic E-state index is 12.4. The highest BCUT2D eigenvalue weighted by Crippen LogP contribution is 2.49. The third kappa shape index (κ3) is 3.84. The highest BCUT2D eigenvalue weighted by Gasteiger charge is 2.52. The molecule has 150 valence electrons. The second-order valence-corrected chi connectivity index (χ2v) is 7.93. The smallest absolute Gasteiger partial charge is 0.465 e. The molecule has 9 heteroatoms. The molecular weight excluding hydrogens is 397 g/mol. The van der Waals surface area contributed by atoms with Crippen molar-refractivity contribution in [2.24, 2.45) is 0 Å². The average Bonchev–Trinajstić information content (AvgIpc) is 3.43. The molecule has 1 fully saturated rings. The van der Waals surface area contributed by atoms with Gasteiger partial charge in [-0.1, -0.05) is 36.4 Å². The number of hydrogen-bond donors (Lipinski definition) is 0. The molecule has 1 aliphatic rings. The molecule has 3 rings (SSSR count). The van der Waals surface area contributed by atoms with E-state index in [0.717, 1.165) is 36.1 Å². The molecule has 0 heterocycles. The number of benzene rings is 2. The van der Waals surface area contributed by atoms with Crippen molar-refractivity contribution in [3.05, 3.63) is 54.1 Å². The topological polar surface area (TPSA) is 69.7 Å². The van der Waals surface area contributed by atoms with Crippen LogP contribution in [-0.2, 0) is 25.1 Å². The van der Waals surface area contributed by atoms with Gasteiger partial charge in [0.05, 0.1) is 12.0 Å². The average molecular weight is 414 g/mol. The molecule has 0 unspecified atom stereocenters. The molecule has 1 saturated carbocycles. The lowest BCUT2D eigenvalue weighted by atomic mass is 9.94. The first kappa shape index (κ1) is 20.2. The van der Waals surface area contributed by atoms with Crippen LogP contribution in [0.25, 0.3) is 11.1 Å². The summed E-state index contributed by atoms with van der Waals surface area (Å²) in [6.07, 6.45) is 1.45. The van der Waals surface area contributed by atoms with Crippen molar-refractivity contribution in [2.45, 2.75) is 30.7 Å². The first-order chi connectivity index (χ1) is 13.1. The monoisotopic (exact) mass is 414 g/mol. The summed E-state index contributed by atoms with van der Waals surface area (Å²) in [6.45, 7) is 2.07. The van der Waals surface area contributed by atoms with Crippen LogP contribution in [0.4, 0.5) is 13.2 Å². The van der Waals surface area contributed by atoms with Gasteiger partial charge in [-0.05, 0) is 48.6 Å². The minimum Gasteiger partial charge on any atom is -0.465 e. The van der Waals surface area contributed by atoms with Crippen molar-refractivity contribution in [3.8, 4) is 16.9 Å². The number of carbonyl (C=O) groups excluding carboxylic acids is 1. The number of ether oxygens (including phenoxy) is 1. The largest absolute Gasteiger partial charge is 0.534 e. The van der Waals surface area contributed by atoms with Crippen LogP contribution in [0.15, 0.2) is 48.5 Å². The minimum atomic E-state index is -5.70. The SMILES string of the molecule is CCOC(=O)C1(c2ccc(-c3ccc(OS(=O)(=O)C(F)(F)F)cc3)cc2)CC1. The van der Waals surface area contributed by atoms with Crippen LogP contribution in [0.2, 0.25) is 0 Å². The maximum atomic E-state index is 12.4. The van der Waals surface area contributed by atoms with Crippen molar-refractivity contribution in [3.63, 3.8) is 0 Å². The fourth-order valence-electron chi connectivity index (χ4n) is 2.86. The lowest BCUT2D eigenvalue weighted by Gasteiger charge is -2.15. The van der Waals surface area contributed by atoms with Crippen molar-refractivity contribution in [1.82, 2.24) is 0 Å². The number of esters is 1. The van der Waals surface area contributed by atoms with E-state index in [1.807, 2.05) is 12.1 Å². The molecule has 1 aliphatic carbocycles. The van der Waals surface area contributed by atoms with Crippen molar-refractivity contribution < 1.29 is 35.3 Å². The molecule has 0 atom stereocenters. The zero-order valence-corrected chi connectivity index (χ0v) is 15.6. The van der Waals surface area contributed by atoms with Crippen LogP contribution >= 0.6 is 0 Å². The van der Waals surface area contributed by atoms with E-state index in [2.05, 4.69) is 4.18 Å². The quantitative estimate of drug-likeness (QED) is 0.403. The van der Waals surface area contributed by atoms with Crippen molar-refractivity contribution >= 4 is 16.1 Å². The van der Waals surface area contributed by atoms with Gasteiger partial charge in [0, 0.05) is 0 Å². The summed E-state index contributed by atoms with van der Waals surface area (Å²) >= 11 is 0. The molecule has 0 N–H and O–H groups in total. The van der Waals surface area contributed by atoms with Crippen LogP contribution in [-0.4, -0.2) is 26.5 Å². The minimum absolute atomic E-state index is 0.241. The summed E-state index contributed by atoms with van der Waals surface area (Å²) in [6, 6.07) is 12.4. The Kier molecular flexibility index (Phi) is 5.14. The Balaban J connectivity index is 1.76. The molecule has 0 radical (unpaired) electrons. The molecule has 0 aromatic heterocycles. The Morgan fingerprint density at radius 3 is 1.93 bits per heavy atom. The highest BCUT2D eigenvalue weighted by atomic mass is 32.2. The standard InChI is InChI=1S/C19H17F3O5S/c1-2-26-17(23)18(11-12-18)15-7-3-13(4-8-15)14-5-9-16(10-6-14)27-28(24,25)19(20,21)22/h3-10H,2,11-12H2,1H3. The summed E-state index contributed by atoms with van der Waals surface area (Å²) in [7, 11) is -5.70. The van der Waals surface area contributed by atoms with Crippen LogP contribution < -0.4 is 4.18 Å². The Morgan fingerprint density at radius 1 is 1.00 bits per heavy atom. The molecule has 5 nitrogen and oxygen atoms in total. The molecule has 2 aromatic rings. The summed E-state index contributed by atoms with van der Waals surface area (Å²) in [4.78, 5) is 12.1. The molecule has 0 saturated heterocycles. The second kappa shape index (κ2) is 7.12. The van der Waals surface area contributed by atoms with E-state index in [0.29, 0.717) is 12.2 Å². The number of rotatable bonds is 6. The van der Waals surface area contributed by atoms with E-state index < -0.39 is 26.8 Å². The third-order valence-electron chi connectivity index (χ3n) is 4.53. The van der Waals surface area contributed by atoms with Gasteiger partial charge >= 0.3 is 21.6 Å². The molecule has 0 spiro atoms. The van der Waals surface area contributed by atoms with Crippen LogP contribution in [0.5, 0.6) is 5.75 Å². The first-order valence-electron chi connectivity index (χ1n) is 8.48. The van der Waals surface area contributed by atoms with Gasteiger partial charge < -0.3 is 8.92 Å².